The number of aryl methyl sites for hydroxylation is 11. The van der Waals surface area contributed by atoms with Crippen molar-refractivity contribution in [1.29, 1.82) is 0 Å². The Kier molecular flexibility index (Phi) is 21.8. The van der Waals surface area contributed by atoms with E-state index in [0.717, 1.165) is 35.4 Å². The largest absolute Gasteiger partial charge is 0.212 e. The molecule has 10 aromatic rings. The minimum Gasteiger partial charge on any atom is -0.201 e. The van der Waals surface area contributed by atoms with Gasteiger partial charge < -0.3 is 0 Å². The maximum atomic E-state index is 8.16. The van der Waals surface area contributed by atoms with Crippen LogP contribution >= 0.6 is 0 Å². The average molecular weight is 1170 g/mol. The van der Waals surface area contributed by atoms with Crippen LogP contribution in [0.25, 0.3) is 56.3 Å². The second kappa shape index (κ2) is 32.0. The summed E-state index contributed by atoms with van der Waals surface area (Å²) in [6.07, 6.45) is 11.0. The van der Waals surface area contributed by atoms with Crippen LogP contribution in [0, 0.1) is 46.0 Å². The lowest BCUT2D eigenvalue weighted by atomic mass is 9.88. The van der Waals surface area contributed by atoms with Crippen LogP contribution in [0.2, 0.25) is 0 Å². The van der Waals surface area contributed by atoms with Crippen molar-refractivity contribution in [2.45, 2.75) is 135 Å². The van der Waals surface area contributed by atoms with Crippen molar-refractivity contribution in [3.63, 3.8) is 0 Å². The summed E-state index contributed by atoms with van der Waals surface area (Å²) in [5.74, 6) is -0.351. The zero-order chi connectivity index (χ0) is 68.8. The Labute approximate surface area is 534 Å². The zero-order valence-electron chi connectivity index (χ0n) is 62.0. The fourth-order valence-corrected chi connectivity index (χ4v) is 10.7. The summed E-state index contributed by atoms with van der Waals surface area (Å²) < 4.78 is 56.7. The molecular formula is C82H104N5+5. The Morgan fingerprint density at radius 2 is 0.770 bits per heavy atom. The third-order valence-corrected chi connectivity index (χ3v) is 15.7. The van der Waals surface area contributed by atoms with E-state index in [1.165, 1.54) is 85.2 Å². The lowest BCUT2D eigenvalue weighted by molar-refractivity contribution is -0.661. The summed E-state index contributed by atoms with van der Waals surface area (Å²) in [5, 5.41) is 0. The topological polar surface area (TPSA) is 19.4 Å². The Bertz CT molecular complexity index is 4110. The Balaban J connectivity index is 0.000000185. The molecule has 5 nitrogen and oxygen atoms in total. The molecule has 0 saturated heterocycles. The predicted molar refractivity (Wildman–Crippen MR) is 368 cm³/mol. The van der Waals surface area contributed by atoms with Crippen LogP contribution in [0.5, 0.6) is 0 Å². The van der Waals surface area contributed by atoms with Gasteiger partial charge in [0.2, 0.25) is 28.5 Å². The molecule has 87 heavy (non-hydrogen) atoms. The molecule has 0 spiro atoms. The van der Waals surface area contributed by atoms with Gasteiger partial charge in [-0.05, 0) is 164 Å². The van der Waals surface area contributed by atoms with Crippen LogP contribution in [0.3, 0.4) is 0 Å². The highest BCUT2D eigenvalue weighted by atomic mass is 14.9. The number of nitrogens with zero attached hydrogens (tertiary/aromatic N) is 5. The van der Waals surface area contributed by atoms with Crippen molar-refractivity contribution in [3.8, 4) is 56.3 Å². The summed E-state index contributed by atoms with van der Waals surface area (Å²) >= 11 is 0. The SMILES string of the molecule is Cc1ccccc1-c1cc(C(C)C)cc[n+]1C.Cc1ccccc1-c1cc(CC(C)(C)C)cc[n+]1C.Cc1ccccc1-c1cc(CC(C)C)cc[n+]1C.[2H]C([2H])(C)c1ccc(-c2ccccc2C)[n+](C)c1.[2H]C([2H])([2H])C([2H])(C)c1ccc(-c2ccccc2C)[n+](C)c1. The fraction of sp³-hybridized carbons (Fsp3) is 0.329. The zero-order valence-corrected chi connectivity index (χ0v) is 56.0. The first-order valence-corrected chi connectivity index (χ1v) is 30.8. The van der Waals surface area contributed by atoms with E-state index < -0.39 is 19.1 Å². The van der Waals surface area contributed by atoms with E-state index in [2.05, 4.69) is 251 Å². The van der Waals surface area contributed by atoms with E-state index in [4.69, 9.17) is 8.22 Å². The van der Waals surface area contributed by atoms with Gasteiger partial charge in [-0.15, -0.1) is 0 Å². The van der Waals surface area contributed by atoms with Crippen LogP contribution in [-0.4, -0.2) is 0 Å². The molecule has 5 aromatic heterocycles. The third kappa shape index (κ3) is 19.7. The monoisotopic (exact) mass is 1160 g/mol. The molecule has 0 amide bonds. The normalized spacial score (nSPS) is 13.0. The van der Waals surface area contributed by atoms with Crippen LogP contribution in [0.1, 0.15) is 145 Å². The minimum absolute atomic E-state index is 0.322. The Morgan fingerprint density at radius 3 is 1.14 bits per heavy atom. The number of pyridine rings is 5. The highest BCUT2D eigenvalue weighted by Gasteiger charge is 2.19. The Morgan fingerprint density at radius 1 is 0.402 bits per heavy atom. The van der Waals surface area contributed by atoms with Gasteiger partial charge >= 0.3 is 0 Å². The van der Waals surface area contributed by atoms with Gasteiger partial charge in [0.1, 0.15) is 35.2 Å². The van der Waals surface area contributed by atoms with Crippen LogP contribution in [0.15, 0.2) is 213 Å². The van der Waals surface area contributed by atoms with E-state index in [1.807, 2.05) is 90.9 Å². The van der Waals surface area contributed by atoms with Crippen molar-refractivity contribution >= 4 is 0 Å². The van der Waals surface area contributed by atoms with Gasteiger partial charge in [0.25, 0.3) is 0 Å². The Hall–Kier alpha value is -8.15. The number of hydrogen-bond donors (Lipinski definition) is 0. The van der Waals surface area contributed by atoms with Crippen LogP contribution in [0.4, 0.5) is 0 Å². The van der Waals surface area contributed by atoms with Gasteiger partial charge in [0, 0.05) is 95.7 Å². The molecule has 0 N–H and O–H groups in total. The maximum Gasteiger partial charge on any atom is 0.212 e. The smallest absolute Gasteiger partial charge is 0.201 e. The number of rotatable bonds is 11. The molecule has 0 fully saturated rings. The lowest BCUT2D eigenvalue weighted by Crippen LogP contribution is -2.31. The molecule has 1 unspecified atom stereocenters. The molecule has 1 atom stereocenters. The first-order valence-electron chi connectivity index (χ1n) is 33.8. The number of hydrogen-bond acceptors (Lipinski definition) is 0. The number of aromatic nitrogens is 5. The molecule has 0 aliphatic heterocycles. The summed E-state index contributed by atoms with van der Waals surface area (Å²) in [6.45, 7) is 27.1. The first-order chi connectivity index (χ1) is 43.6. The molecule has 0 saturated carbocycles. The molecule has 0 radical (unpaired) electrons. The maximum absolute atomic E-state index is 8.16. The van der Waals surface area contributed by atoms with Gasteiger partial charge in [-0.25, -0.2) is 22.8 Å². The van der Waals surface area contributed by atoms with Gasteiger partial charge in [0.05, 0.1) is 0 Å². The third-order valence-electron chi connectivity index (χ3n) is 15.7. The summed E-state index contributed by atoms with van der Waals surface area (Å²) in [7, 11) is 10.2. The van der Waals surface area contributed by atoms with E-state index in [9.17, 15) is 0 Å². The predicted octanol–water partition coefficient (Wildman–Crippen LogP) is 18.0. The molecule has 5 aromatic carbocycles. The minimum atomic E-state index is -2.36. The van der Waals surface area contributed by atoms with Crippen molar-refractivity contribution in [2.75, 3.05) is 0 Å². The standard InChI is InChI=1S/C18H24N.C17H22N.2C16H20N.C15H18N/c1-14-8-6-7-9-16(14)17-12-15(10-11-19(17)5)13-18(2,3)4;1-13(2)11-15-9-10-18(4)17(12-15)16-8-6-5-7-14(16)3;1-12(2)14-9-10-17(4)16(11-14)15-8-6-5-7-13(15)3;1-12(2)14-9-10-16(17(4)11-14)15-8-6-5-7-13(15)3;1-4-13-9-10-15(16(3)11-13)14-8-6-5-7-12(14)2/h6-12H,13H2,1-5H3;5-10,12-13H,11H2,1-4H3;2*5-12H,1-4H3;5-11H,4H2,1-3H3/q5*+1/i;;;1D3,12D;4D2. The van der Waals surface area contributed by atoms with E-state index in [0.29, 0.717) is 28.4 Å². The molecular weight excluding hydrogens is 1050 g/mol. The van der Waals surface area contributed by atoms with Crippen molar-refractivity contribution in [1.82, 2.24) is 0 Å². The molecule has 5 heterocycles. The molecule has 5 heteroatoms. The van der Waals surface area contributed by atoms with Crippen LogP contribution in [-0.2, 0) is 54.5 Å². The quantitative estimate of drug-likeness (QED) is 0.115. The van der Waals surface area contributed by atoms with Gasteiger partial charge in [-0.3, -0.25) is 0 Å². The van der Waals surface area contributed by atoms with E-state index in [1.54, 1.807) is 19.2 Å². The van der Waals surface area contributed by atoms with Gasteiger partial charge in [-0.2, -0.15) is 0 Å². The molecule has 0 bridgehead atoms. The van der Waals surface area contributed by atoms with E-state index >= 15 is 0 Å². The summed E-state index contributed by atoms with van der Waals surface area (Å²) in [4.78, 5) is 0. The summed E-state index contributed by atoms with van der Waals surface area (Å²) in [5.41, 5.74) is 24.3. The second-order valence-corrected chi connectivity index (χ2v) is 25.3. The van der Waals surface area contributed by atoms with Crippen molar-refractivity contribution in [3.05, 3.63) is 269 Å². The van der Waals surface area contributed by atoms with Gasteiger partial charge in [-0.1, -0.05) is 160 Å². The molecule has 452 valence electrons. The summed E-state index contributed by atoms with van der Waals surface area (Å²) in [6, 6.07) is 63.0. The number of benzene rings is 5. The second-order valence-electron chi connectivity index (χ2n) is 25.3. The van der Waals surface area contributed by atoms with E-state index in [-0.39, 0.29) is 0 Å². The molecule has 0 aliphatic rings. The first kappa shape index (κ1) is 59.2. The molecule has 0 aliphatic carbocycles. The lowest BCUT2D eigenvalue weighted by Gasteiger charge is -2.18. The highest BCUT2D eigenvalue weighted by molar-refractivity contribution is 5.64. The van der Waals surface area contributed by atoms with Gasteiger partial charge in [0.15, 0.2) is 31.0 Å². The molecule has 10 rings (SSSR count). The fourth-order valence-electron chi connectivity index (χ4n) is 10.7. The van der Waals surface area contributed by atoms with Crippen molar-refractivity contribution in [2.24, 2.45) is 46.6 Å². The highest BCUT2D eigenvalue weighted by Crippen LogP contribution is 2.28. The van der Waals surface area contributed by atoms with Crippen molar-refractivity contribution < 1.29 is 31.1 Å². The van der Waals surface area contributed by atoms with Crippen LogP contribution < -0.4 is 22.8 Å². The average Bonchev–Trinajstić information content (AvgIpc) is 0.844.